The summed E-state index contributed by atoms with van der Waals surface area (Å²) < 4.78 is 13.3. The topological polar surface area (TPSA) is 26.0 Å². The Labute approximate surface area is 107 Å². The molecule has 2 aromatic carbocycles. The van der Waals surface area contributed by atoms with E-state index in [9.17, 15) is 4.39 Å². The van der Waals surface area contributed by atoms with E-state index in [1.807, 2.05) is 12.1 Å². The normalized spacial score (nSPS) is 11.6. The number of anilines is 1. The number of hydrogen-bond donors (Lipinski definition) is 1. The van der Waals surface area contributed by atoms with Crippen molar-refractivity contribution >= 4 is 5.69 Å². The van der Waals surface area contributed by atoms with Gasteiger partial charge in [0, 0.05) is 5.69 Å². The third kappa shape index (κ3) is 2.70. The largest absolute Gasteiger partial charge is 0.399 e. The van der Waals surface area contributed by atoms with E-state index in [1.54, 1.807) is 6.07 Å². The lowest BCUT2D eigenvalue weighted by Crippen LogP contribution is -2.10. The summed E-state index contributed by atoms with van der Waals surface area (Å²) in [4.78, 5) is 0. The first-order valence-electron chi connectivity index (χ1n) is 6.03. The summed E-state index contributed by atoms with van der Waals surface area (Å²) in [7, 11) is 0. The van der Waals surface area contributed by atoms with E-state index in [0.29, 0.717) is 5.69 Å². The van der Waals surface area contributed by atoms with E-state index in [4.69, 9.17) is 5.73 Å². The first-order valence-corrected chi connectivity index (χ1v) is 6.03. The SMILES string of the molecule is CC(C)(C)c1ccc(-c2cc(N)cc(F)c2)cc1. The lowest BCUT2D eigenvalue weighted by atomic mass is 9.86. The maximum Gasteiger partial charge on any atom is 0.125 e. The van der Waals surface area contributed by atoms with E-state index in [1.165, 1.54) is 17.7 Å². The highest BCUT2D eigenvalue weighted by atomic mass is 19.1. The zero-order valence-electron chi connectivity index (χ0n) is 11.0. The van der Waals surface area contributed by atoms with Gasteiger partial charge in [0.2, 0.25) is 0 Å². The third-order valence-corrected chi connectivity index (χ3v) is 3.00. The minimum absolute atomic E-state index is 0.124. The maximum absolute atomic E-state index is 13.3. The van der Waals surface area contributed by atoms with Crippen molar-refractivity contribution < 1.29 is 4.39 Å². The van der Waals surface area contributed by atoms with Crippen molar-refractivity contribution in [3.8, 4) is 11.1 Å². The van der Waals surface area contributed by atoms with Gasteiger partial charge < -0.3 is 5.73 Å². The van der Waals surface area contributed by atoms with Crippen molar-refractivity contribution in [1.29, 1.82) is 0 Å². The second kappa shape index (κ2) is 4.45. The minimum Gasteiger partial charge on any atom is -0.399 e. The number of nitrogen functional groups attached to an aromatic ring is 1. The van der Waals surface area contributed by atoms with Crippen molar-refractivity contribution in [3.05, 3.63) is 53.8 Å². The number of hydrogen-bond acceptors (Lipinski definition) is 1. The number of benzene rings is 2. The Morgan fingerprint density at radius 1 is 0.889 bits per heavy atom. The number of rotatable bonds is 1. The predicted octanol–water partition coefficient (Wildman–Crippen LogP) is 4.37. The fourth-order valence-corrected chi connectivity index (χ4v) is 1.94. The van der Waals surface area contributed by atoms with Crippen LogP contribution >= 0.6 is 0 Å². The molecule has 0 aliphatic carbocycles. The lowest BCUT2D eigenvalue weighted by Gasteiger charge is -2.19. The molecule has 2 heteroatoms. The molecular formula is C16H18FN. The van der Waals surface area contributed by atoms with Crippen molar-refractivity contribution in [2.75, 3.05) is 5.73 Å². The Morgan fingerprint density at radius 2 is 1.50 bits per heavy atom. The smallest absolute Gasteiger partial charge is 0.125 e. The van der Waals surface area contributed by atoms with Crippen molar-refractivity contribution in [2.24, 2.45) is 0 Å². The van der Waals surface area contributed by atoms with E-state index in [0.717, 1.165) is 11.1 Å². The molecular weight excluding hydrogens is 225 g/mol. The van der Waals surface area contributed by atoms with Crippen LogP contribution in [0.15, 0.2) is 42.5 Å². The zero-order chi connectivity index (χ0) is 13.3. The highest BCUT2D eigenvalue weighted by Crippen LogP contribution is 2.27. The molecule has 0 aromatic heterocycles. The van der Waals surface area contributed by atoms with Gasteiger partial charge in [-0.2, -0.15) is 0 Å². The molecule has 0 amide bonds. The Hall–Kier alpha value is -1.83. The molecule has 0 heterocycles. The average molecular weight is 243 g/mol. The molecule has 0 radical (unpaired) electrons. The monoisotopic (exact) mass is 243 g/mol. The van der Waals surface area contributed by atoms with Crippen LogP contribution < -0.4 is 5.73 Å². The van der Waals surface area contributed by atoms with Gasteiger partial charge in [0.15, 0.2) is 0 Å². The van der Waals surface area contributed by atoms with Gasteiger partial charge in [-0.25, -0.2) is 4.39 Å². The maximum atomic E-state index is 13.3. The quantitative estimate of drug-likeness (QED) is 0.739. The zero-order valence-corrected chi connectivity index (χ0v) is 11.0. The van der Waals surface area contributed by atoms with Crippen LogP contribution in [0.5, 0.6) is 0 Å². The van der Waals surface area contributed by atoms with Gasteiger partial charge in [0.1, 0.15) is 5.82 Å². The lowest BCUT2D eigenvalue weighted by molar-refractivity contribution is 0.590. The van der Waals surface area contributed by atoms with Crippen LogP contribution in [-0.2, 0) is 5.41 Å². The van der Waals surface area contributed by atoms with Gasteiger partial charge in [-0.05, 0) is 40.3 Å². The molecule has 0 aliphatic heterocycles. The summed E-state index contributed by atoms with van der Waals surface area (Å²) >= 11 is 0. The highest BCUT2D eigenvalue weighted by molar-refractivity contribution is 5.67. The van der Waals surface area contributed by atoms with Gasteiger partial charge in [0.25, 0.3) is 0 Å². The predicted molar refractivity (Wildman–Crippen MR) is 74.9 cm³/mol. The molecule has 0 saturated carbocycles. The van der Waals surface area contributed by atoms with Crippen LogP contribution in [0, 0.1) is 5.82 Å². The van der Waals surface area contributed by atoms with Crippen LogP contribution in [0.1, 0.15) is 26.3 Å². The van der Waals surface area contributed by atoms with Crippen LogP contribution in [-0.4, -0.2) is 0 Å². The minimum atomic E-state index is -0.301. The standard InChI is InChI=1S/C16H18FN/c1-16(2,3)13-6-4-11(5-7-13)12-8-14(17)10-15(18)9-12/h4-10H,18H2,1-3H3. The summed E-state index contributed by atoms with van der Waals surface area (Å²) in [5.74, 6) is -0.301. The van der Waals surface area contributed by atoms with E-state index in [2.05, 4.69) is 32.9 Å². The van der Waals surface area contributed by atoms with Crippen LogP contribution in [0.25, 0.3) is 11.1 Å². The Morgan fingerprint density at radius 3 is 2.00 bits per heavy atom. The molecule has 2 aromatic rings. The van der Waals surface area contributed by atoms with Crippen molar-refractivity contribution in [2.45, 2.75) is 26.2 Å². The Kier molecular flexibility index (Phi) is 3.12. The summed E-state index contributed by atoms with van der Waals surface area (Å²) in [5, 5.41) is 0. The fourth-order valence-electron chi connectivity index (χ4n) is 1.94. The molecule has 0 aliphatic rings. The van der Waals surface area contributed by atoms with Gasteiger partial charge in [-0.15, -0.1) is 0 Å². The first kappa shape index (κ1) is 12.6. The molecule has 0 saturated heterocycles. The van der Waals surface area contributed by atoms with Gasteiger partial charge in [0.05, 0.1) is 0 Å². The number of halogens is 1. The average Bonchev–Trinajstić information content (AvgIpc) is 2.27. The number of nitrogens with two attached hydrogens (primary N) is 1. The molecule has 0 unspecified atom stereocenters. The molecule has 0 bridgehead atoms. The summed E-state index contributed by atoms with van der Waals surface area (Å²) in [6, 6.07) is 12.8. The second-order valence-corrected chi connectivity index (χ2v) is 5.60. The summed E-state index contributed by atoms with van der Waals surface area (Å²) in [6.45, 7) is 6.51. The third-order valence-electron chi connectivity index (χ3n) is 3.00. The van der Waals surface area contributed by atoms with Crippen LogP contribution in [0.4, 0.5) is 10.1 Å². The summed E-state index contributed by atoms with van der Waals surface area (Å²) in [6.07, 6.45) is 0. The van der Waals surface area contributed by atoms with Crippen LogP contribution in [0.3, 0.4) is 0 Å². The van der Waals surface area contributed by atoms with Crippen molar-refractivity contribution in [3.63, 3.8) is 0 Å². The molecule has 2 rings (SSSR count). The van der Waals surface area contributed by atoms with E-state index in [-0.39, 0.29) is 11.2 Å². The molecule has 0 atom stereocenters. The van der Waals surface area contributed by atoms with Gasteiger partial charge >= 0.3 is 0 Å². The Bertz CT molecular complexity index is 530. The molecule has 1 nitrogen and oxygen atoms in total. The second-order valence-electron chi connectivity index (χ2n) is 5.60. The van der Waals surface area contributed by atoms with Crippen molar-refractivity contribution in [1.82, 2.24) is 0 Å². The van der Waals surface area contributed by atoms with Gasteiger partial charge in [-0.3, -0.25) is 0 Å². The highest BCUT2D eigenvalue weighted by Gasteiger charge is 2.13. The Balaban J connectivity index is 2.40. The first-order chi connectivity index (χ1) is 8.36. The van der Waals surface area contributed by atoms with Crippen LogP contribution in [0.2, 0.25) is 0 Å². The molecule has 18 heavy (non-hydrogen) atoms. The summed E-state index contributed by atoms with van der Waals surface area (Å²) in [5.41, 5.74) is 9.28. The van der Waals surface area contributed by atoms with Gasteiger partial charge in [-0.1, -0.05) is 45.0 Å². The van der Waals surface area contributed by atoms with E-state index >= 15 is 0 Å². The molecule has 94 valence electrons. The molecule has 0 spiro atoms. The fraction of sp³-hybridized carbons (Fsp3) is 0.250. The molecule has 2 N–H and O–H groups in total. The molecule has 0 fully saturated rings. The van der Waals surface area contributed by atoms with E-state index < -0.39 is 0 Å².